The predicted octanol–water partition coefficient (Wildman–Crippen LogP) is 27.6. The van der Waals surface area contributed by atoms with Crippen LogP contribution < -0.4 is 0 Å². The van der Waals surface area contributed by atoms with Crippen molar-refractivity contribution >= 4 is 207 Å². The van der Waals surface area contributed by atoms with Crippen LogP contribution in [0, 0.1) is 0 Å². The fourth-order valence-corrected chi connectivity index (χ4v) is 21.0. The predicted molar refractivity (Wildman–Crippen MR) is 491 cm³/mol. The molecule has 0 radical (unpaired) electrons. The van der Waals surface area contributed by atoms with Crippen molar-refractivity contribution in [1.29, 1.82) is 0 Å². The molecule has 10 heteroatoms. The molecule has 0 aliphatic carbocycles. The van der Waals surface area contributed by atoms with E-state index >= 15 is 0 Å². The highest BCUT2D eigenvalue weighted by molar-refractivity contribution is 6.38. The molecule has 18 aromatic carbocycles. The number of hydrogen-bond donors (Lipinski definition) is 0. The number of nitrogens with zero attached hydrogens (tertiary/aromatic N) is 10. The van der Waals surface area contributed by atoms with E-state index in [2.05, 4.69) is 391 Å². The molecule has 0 spiro atoms. The standard InChI is InChI=1S/C108H60N10/c1-3-25-67(26-4-1)113-89-39-19-11-31-71(89)75-51-47-66(58-95(75)113)100-108(112-88-38-18-16-36-86(88)110-100)118-92-42-22-14-34-74(92)83-60-84-77-50-46-64(57-96(77)116-102-70-30-10-8-24-62(70)44-53-79(102)98(104(84)116)106(83)118)63-45-49-76-80-55-65(48-54-93(80)114(94(76)56-63)68-27-5-2-6-28-68)99-107(111-87-37-17-15-35-85(87)109-99)117-91-41-21-13-33-73(91)82-59-81-72-32-12-20-40-90(72)115-101-69-29-9-7-23-61(69)43-52-78(101)97(103(81)115)105(82)117/h1-60H. The van der Waals surface area contributed by atoms with Gasteiger partial charge in [-0.3, -0.25) is 9.13 Å². The molecule has 0 bridgehead atoms. The van der Waals surface area contributed by atoms with E-state index < -0.39 is 0 Å². The maximum absolute atomic E-state index is 5.80. The van der Waals surface area contributed by atoms with Crippen LogP contribution >= 0.6 is 0 Å². The van der Waals surface area contributed by atoms with Crippen molar-refractivity contribution in [2.45, 2.75) is 0 Å². The van der Waals surface area contributed by atoms with Gasteiger partial charge in [-0.05, 0) is 137 Å². The first-order valence-electron chi connectivity index (χ1n) is 40.4. The summed E-state index contributed by atoms with van der Waals surface area (Å²) >= 11 is 0. The zero-order chi connectivity index (χ0) is 76.4. The highest BCUT2D eigenvalue weighted by Gasteiger charge is 2.32. The van der Waals surface area contributed by atoms with Gasteiger partial charge in [0.25, 0.3) is 0 Å². The van der Waals surface area contributed by atoms with E-state index in [1.165, 1.54) is 108 Å². The maximum atomic E-state index is 5.80. The fraction of sp³-hybridized carbons (Fsp3) is 0. The molecule has 10 heterocycles. The summed E-state index contributed by atoms with van der Waals surface area (Å²) in [6, 6.07) is 134. The average molecular weight is 1500 g/mol. The lowest BCUT2D eigenvalue weighted by Crippen LogP contribution is -2.04. The Hall–Kier alpha value is -16.0. The maximum Gasteiger partial charge on any atom is 0.165 e. The van der Waals surface area contributed by atoms with Gasteiger partial charge in [0.05, 0.1) is 99.3 Å². The van der Waals surface area contributed by atoms with Crippen molar-refractivity contribution in [3.8, 4) is 56.7 Å². The second-order valence-electron chi connectivity index (χ2n) is 31.9. The van der Waals surface area contributed by atoms with Gasteiger partial charge in [0.1, 0.15) is 11.4 Å². The van der Waals surface area contributed by atoms with Gasteiger partial charge in [-0.1, -0.05) is 249 Å². The first kappa shape index (κ1) is 62.5. The largest absolute Gasteiger partial charge is 0.309 e. The Morgan fingerprint density at radius 3 is 1.02 bits per heavy atom. The lowest BCUT2D eigenvalue weighted by atomic mass is 9.99. The van der Waals surface area contributed by atoms with Crippen molar-refractivity contribution in [1.82, 2.24) is 47.0 Å². The molecule has 542 valence electrons. The van der Waals surface area contributed by atoms with E-state index in [4.69, 9.17) is 19.9 Å². The van der Waals surface area contributed by atoms with E-state index in [-0.39, 0.29) is 0 Å². The summed E-state index contributed by atoms with van der Waals surface area (Å²) in [5.74, 6) is 1.55. The Balaban J connectivity index is 0.662. The van der Waals surface area contributed by atoms with Gasteiger partial charge in [0.2, 0.25) is 0 Å². The monoisotopic (exact) mass is 1500 g/mol. The number of hydrogen-bond acceptors (Lipinski definition) is 4. The zero-order valence-electron chi connectivity index (χ0n) is 63.1. The molecule has 0 unspecified atom stereocenters. The van der Waals surface area contributed by atoms with Crippen molar-refractivity contribution < 1.29 is 0 Å². The second kappa shape index (κ2) is 22.9. The van der Waals surface area contributed by atoms with Crippen molar-refractivity contribution in [2.75, 3.05) is 0 Å². The van der Waals surface area contributed by atoms with E-state index in [1.54, 1.807) is 0 Å². The summed E-state index contributed by atoms with van der Waals surface area (Å²) in [7, 11) is 0. The molecule has 28 rings (SSSR count). The van der Waals surface area contributed by atoms with Gasteiger partial charge in [-0.25, -0.2) is 19.9 Å². The minimum absolute atomic E-state index is 0.772. The van der Waals surface area contributed by atoms with Crippen LogP contribution in [0.2, 0.25) is 0 Å². The number of para-hydroxylation sites is 10. The van der Waals surface area contributed by atoms with Gasteiger partial charge < -0.3 is 17.9 Å². The van der Waals surface area contributed by atoms with Crippen LogP contribution in [-0.4, -0.2) is 47.0 Å². The highest BCUT2D eigenvalue weighted by Crippen LogP contribution is 2.53. The van der Waals surface area contributed by atoms with Gasteiger partial charge in [0, 0.05) is 119 Å². The molecule has 0 fully saturated rings. The topological polar surface area (TPSA) is 80.1 Å². The molecule has 0 atom stereocenters. The van der Waals surface area contributed by atoms with E-state index in [0.717, 1.165) is 155 Å². The minimum atomic E-state index is 0.772. The van der Waals surface area contributed by atoms with Crippen LogP contribution in [-0.2, 0) is 0 Å². The molecular formula is C108H60N10. The lowest BCUT2D eigenvalue weighted by Gasteiger charge is -2.15. The Morgan fingerprint density at radius 2 is 0.500 bits per heavy atom. The smallest absolute Gasteiger partial charge is 0.165 e. The van der Waals surface area contributed by atoms with Crippen LogP contribution in [0.1, 0.15) is 0 Å². The van der Waals surface area contributed by atoms with Crippen LogP contribution in [0.25, 0.3) is 264 Å². The Morgan fingerprint density at radius 1 is 0.169 bits per heavy atom. The summed E-state index contributed by atoms with van der Waals surface area (Å²) in [6.45, 7) is 0. The number of fused-ring (bicyclic) bond motifs is 32. The van der Waals surface area contributed by atoms with E-state index in [1.807, 2.05) is 0 Å². The molecule has 0 N–H and O–H groups in total. The normalized spacial score (nSPS) is 12.6. The molecule has 0 saturated heterocycles. The minimum Gasteiger partial charge on any atom is -0.309 e. The Kier molecular flexibility index (Phi) is 12.1. The summed E-state index contributed by atoms with van der Waals surface area (Å²) in [6.07, 6.45) is 0. The zero-order valence-corrected chi connectivity index (χ0v) is 63.1. The molecule has 28 aromatic rings. The number of aromatic nitrogens is 10. The molecule has 0 aliphatic rings. The number of benzene rings is 18. The van der Waals surface area contributed by atoms with Crippen LogP contribution in [0.3, 0.4) is 0 Å². The summed E-state index contributed by atoms with van der Waals surface area (Å²) < 4.78 is 14.8. The highest BCUT2D eigenvalue weighted by atomic mass is 15.1. The Bertz CT molecular complexity index is 9340. The SMILES string of the molecule is c1ccc(-n2c3ccc(-c4nc5ccccc5nc4-n4c5ccccc5c5cc6c7ccccc7n7c8c9ccccc9ccc8c(c54)c67)cc3c3ccc(-c4ccc5c6cc7c8ccccc8n(-c8nc9ccccc9nc8-c8ccc9c%10ccccc%10n(-c%10ccccc%10)c9c8)c7c7c8ccc9ccccc9c8n(c5c4)c67)cc32)cc1. The molecule has 118 heavy (non-hydrogen) atoms. The average Bonchev–Trinajstić information content (AvgIpc) is 1.51. The molecule has 10 aromatic heterocycles. The third-order valence-electron chi connectivity index (χ3n) is 25.9. The molecular weight excluding hydrogens is 1440 g/mol. The summed E-state index contributed by atoms with van der Waals surface area (Å²) in [5.41, 5.74) is 27.2. The van der Waals surface area contributed by atoms with E-state index in [0.29, 0.717) is 0 Å². The quantitative estimate of drug-likeness (QED) is 0.159. The van der Waals surface area contributed by atoms with Crippen LogP contribution in [0.5, 0.6) is 0 Å². The van der Waals surface area contributed by atoms with Gasteiger partial charge in [-0.2, -0.15) is 0 Å². The van der Waals surface area contributed by atoms with Gasteiger partial charge >= 0.3 is 0 Å². The third-order valence-corrected chi connectivity index (χ3v) is 25.9. The van der Waals surface area contributed by atoms with Gasteiger partial charge in [-0.15, -0.1) is 0 Å². The van der Waals surface area contributed by atoms with Crippen molar-refractivity contribution in [2.24, 2.45) is 0 Å². The first-order valence-corrected chi connectivity index (χ1v) is 40.4. The van der Waals surface area contributed by atoms with Crippen molar-refractivity contribution in [3.63, 3.8) is 0 Å². The van der Waals surface area contributed by atoms with Gasteiger partial charge in [0.15, 0.2) is 11.6 Å². The fourth-order valence-electron chi connectivity index (χ4n) is 21.0. The third kappa shape index (κ3) is 8.18. The molecule has 0 aliphatic heterocycles. The van der Waals surface area contributed by atoms with E-state index in [9.17, 15) is 0 Å². The van der Waals surface area contributed by atoms with Crippen LogP contribution in [0.15, 0.2) is 364 Å². The summed E-state index contributed by atoms with van der Waals surface area (Å²) in [5, 5.41) is 23.7. The number of rotatable bonds is 7. The Labute approximate surface area is 670 Å². The van der Waals surface area contributed by atoms with Crippen LogP contribution in [0.4, 0.5) is 0 Å². The first-order chi connectivity index (χ1) is 58.6. The summed E-state index contributed by atoms with van der Waals surface area (Å²) in [4.78, 5) is 23.0. The molecule has 0 saturated carbocycles. The van der Waals surface area contributed by atoms with Crippen molar-refractivity contribution in [3.05, 3.63) is 364 Å². The molecule has 0 amide bonds. The lowest BCUT2D eigenvalue weighted by molar-refractivity contribution is 1.08. The second-order valence-corrected chi connectivity index (χ2v) is 31.9. The molecule has 10 nitrogen and oxygen atoms in total.